The van der Waals surface area contributed by atoms with Gasteiger partial charge in [0.2, 0.25) is 0 Å². The summed E-state index contributed by atoms with van der Waals surface area (Å²) in [6.45, 7) is 25.1. The summed E-state index contributed by atoms with van der Waals surface area (Å²) in [7, 11) is 0.436. The van der Waals surface area contributed by atoms with Crippen molar-refractivity contribution in [3.8, 4) is 0 Å². The van der Waals surface area contributed by atoms with Crippen LogP contribution < -0.4 is 0 Å². The second-order valence-corrected chi connectivity index (χ2v) is 13.5. The third kappa shape index (κ3) is 14.7. The minimum atomic E-state index is -1.50. The average Bonchev–Trinajstić information content (AvgIpc) is 2.72. The smallest absolute Gasteiger partial charge is 0.190 e. The van der Waals surface area contributed by atoms with Crippen molar-refractivity contribution in [1.82, 2.24) is 14.7 Å². The fourth-order valence-electron chi connectivity index (χ4n) is 4.12. The molecule has 0 aliphatic rings. The van der Waals surface area contributed by atoms with E-state index in [1.54, 1.807) is 0 Å². The van der Waals surface area contributed by atoms with Gasteiger partial charge in [0.05, 0.1) is 0 Å². The standard InChI is InChI=1S/C24H55N3OSi/c1-8-15-25(16-9-2)19-13-21-27(23-24-29(7,12-5)28-6)22-14-20-26(17-10-3)18-11-4/h8-24H2,1-7H3. The van der Waals surface area contributed by atoms with Gasteiger partial charge in [0.1, 0.15) is 0 Å². The second kappa shape index (κ2) is 18.8. The lowest BCUT2D eigenvalue weighted by atomic mass is 10.2. The van der Waals surface area contributed by atoms with Crippen LogP contribution in [0, 0.1) is 0 Å². The van der Waals surface area contributed by atoms with Gasteiger partial charge in [-0.15, -0.1) is 0 Å². The van der Waals surface area contributed by atoms with Crippen LogP contribution in [0.2, 0.25) is 18.6 Å². The van der Waals surface area contributed by atoms with Gasteiger partial charge >= 0.3 is 0 Å². The van der Waals surface area contributed by atoms with Crippen LogP contribution in [0.3, 0.4) is 0 Å². The quantitative estimate of drug-likeness (QED) is 0.222. The topological polar surface area (TPSA) is 19.0 Å². The molecule has 29 heavy (non-hydrogen) atoms. The van der Waals surface area contributed by atoms with Crippen LogP contribution in [0.25, 0.3) is 0 Å². The highest BCUT2D eigenvalue weighted by Gasteiger charge is 2.25. The summed E-state index contributed by atoms with van der Waals surface area (Å²) in [5.41, 5.74) is 0. The first-order valence-corrected chi connectivity index (χ1v) is 15.5. The van der Waals surface area contributed by atoms with Gasteiger partial charge in [-0.1, -0.05) is 34.6 Å². The highest BCUT2D eigenvalue weighted by Crippen LogP contribution is 2.17. The monoisotopic (exact) mass is 429 g/mol. The van der Waals surface area contributed by atoms with Crippen LogP contribution in [0.15, 0.2) is 0 Å². The Hall–Kier alpha value is 0.0569. The molecule has 0 aromatic heterocycles. The van der Waals surface area contributed by atoms with E-state index in [1.807, 2.05) is 7.11 Å². The molecule has 0 heterocycles. The average molecular weight is 430 g/mol. The Labute approximate surface area is 185 Å². The lowest BCUT2D eigenvalue weighted by Gasteiger charge is -2.30. The van der Waals surface area contributed by atoms with E-state index in [9.17, 15) is 0 Å². The molecule has 1 atom stereocenters. The van der Waals surface area contributed by atoms with Crippen molar-refractivity contribution in [2.75, 3.05) is 66.0 Å². The molecule has 4 nitrogen and oxygen atoms in total. The Bertz CT molecular complexity index is 319. The fraction of sp³-hybridized carbons (Fsp3) is 1.00. The van der Waals surface area contributed by atoms with Gasteiger partial charge in [0.25, 0.3) is 0 Å². The molecule has 0 rings (SSSR count). The Balaban J connectivity index is 4.61. The minimum absolute atomic E-state index is 1.22. The highest BCUT2D eigenvalue weighted by atomic mass is 28.4. The molecule has 0 saturated carbocycles. The molecule has 1 unspecified atom stereocenters. The predicted molar refractivity (Wildman–Crippen MR) is 134 cm³/mol. The van der Waals surface area contributed by atoms with Crippen molar-refractivity contribution in [1.29, 1.82) is 0 Å². The van der Waals surface area contributed by atoms with Gasteiger partial charge in [0.15, 0.2) is 8.32 Å². The minimum Gasteiger partial charge on any atom is -0.420 e. The Morgan fingerprint density at radius 2 is 0.897 bits per heavy atom. The van der Waals surface area contributed by atoms with E-state index in [2.05, 4.69) is 55.9 Å². The molecule has 0 bridgehead atoms. The van der Waals surface area contributed by atoms with Gasteiger partial charge < -0.3 is 19.1 Å². The number of hydrogen-bond acceptors (Lipinski definition) is 4. The Kier molecular flexibility index (Phi) is 18.8. The van der Waals surface area contributed by atoms with E-state index in [-0.39, 0.29) is 0 Å². The fourth-order valence-corrected chi connectivity index (χ4v) is 5.76. The molecular weight excluding hydrogens is 374 g/mol. The van der Waals surface area contributed by atoms with Gasteiger partial charge in [0, 0.05) is 7.11 Å². The number of nitrogens with zero attached hydrogens (tertiary/aromatic N) is 3. The molecule has 0 radical (unpaired) electrons. The molecule has 0 N–H and O–H groups in total. The molecule has 176 valence electrons. The number of hydrogen-bond donors (Lipinski definition) is 0. The van der Waals surface area contributed by atoms with Crippen molar-refractivity contribution >= 4 is 8.32 Å². The Morgan fingerprint density at radius 1 is 0.552 bits per heavy atom. The zero-order valence-electron chi connectivity index (χ0n) is 21.3. The summed E-state index contributed by atoms with van der Waals surface area (Å²) in [4.78, 5) is 8.05. The maximum Gasteiger partial charge on any atom is 0.190 e. The molecular formula is C24H55N3OSi. The van der Waals surface area contributed by atoms with Crippen molar-refractivity contribution in [3.63, 3.8) is 0 Å². The molecule has 0 amide bonds. The van der Waals surface area contributed by atoms with E-state index in [4.69, 9.17) is 4.43 Å². The third-order valence-corrected chi connectivity index (χ3v) is 10.0. The maximum absolute atomic E-state index is 5.95. The normalized spacial score (nSPS) is 14.3. The van der Waals surface area contributed by atoms with Crippen LogP contribution in [-0.4, -0.2) is 89.0 Å². The van der Waals surface area contributed by atoms with Gasteiger partial charge in [-0.3, -0.25) is 0 Å². The second-order valence-electron chi connectivity index (χ2n) is 8.99. The first kappa shape index (κ1) is 29.1. The van der Waals surface area contributed by atoms with Gasteiger partial charge in [-0.05, 0) is 116 Å². The van der Waals surface area contributed by atoms with Crippen molar-refractivity contribution in [2.45, 2.75) is 91.8 Å². The Morgan fingerprint density at radius 3 is 1.17 bits per heavy atom. The summed E-state index contributed by atoms with van der Waals surface area (Å²) >= 11 is 0. The molecule has 0 aromatic rings. The first-order valence-electron chi connectivity index (χ1n) is 12.7. The summed E-state index contributed by atoms with van der Waals surface area (Å²) in [6, 6.07) is 2.49. The summed E-state index contributed by atoms with van der Waals surface area (Å²) < 4.78 is 5.95. The van der Waals surface area contributed by atoms with Crippen LogP contribution in [0.1, 0.15) is 73.1 Å². The third-order valence-electron chi connectivity index (χ3n) is 6.25. The van der Waals surface area contributed by atoms with E-state index in [1.165, 1.54) is 110 Å². The van der Waals surface area contributed by atoms with Crippen molar-refractivity contribution in [3.05, 3.63) is 0 Å². The van der Waals surface area contributed by atoms with E-state index in [0.29, 0.717) is 0 Å². The summed E-state index contributed by atoms with van der Waals surface area (Å²) in [5.74, 6) is 0. The van der Waals surface area contributed by atoms with E-state index in [0.717, 1.165) is 0 Å². The molecule has 0 aromatic carbocycles. The molecule has 0 aliphatic carbocycles. The van der Waals surface area contributed by atoms with E-state index < -0.39 is 8.32 Å². The highest BCUT2D eigenvalue weighted by molar-refractivity contribution is 6.72. The SMILES string of the molecule is CCCN(CCC)CCCN(CCCN(CCC)CCC)CC[Si](C)(CC)OC. The molecule has 0 spiro atoms. The first-order chi connectivity index (χ1) is 14.0. The largest absolute Gasteiger partial charge is 0.420 e. The van der Waals surface area contributed by atoms with Crippen molar-refractivity contribution in [2.24, 2.45) is 0 Å². The van der Waals surface area contributed by atoms with Gasteiger partial charge in [-0.2, -0.15) is 0 Å². The molecule has 5 heteroatoms. The van der Waals surface area contributed by atoms with Crippen molar-refractivity contribution < 1.29 is 4.43 Å². The summed E-state index contributed by atoms with van der Waals surface area (Å²) in [5, 5.41) is 0. The lowest BCUT2D eigenvalue weighted by Crippen LogP contribution is -2.39. The number of rotatable bonds is 21. The lowest BCUT2D eigenvalue weighted by molar-refractivity contribution is 0.211. The predicted octanol–water partition coefficient (Wildman–Crippen LogP) is 5.55. The zero-order valence-corrected chi connectivity index (χ0v) is 22.3. The van der Waals surface area contributed by atoms with Crippen LogP contribution in [-0.2, 0) is 4.43 Å². The molecule has 0 saturated heterocycles. The molecule has 0 fully saturated rings. The molecule has 0 aliphatic heterocycles. The maximum atomic E-state index is 5.95. The zero-order chi connectivity index (χ0) is 22.0. The van der Waals surface area contributed by atoms with E-state index >= 15 is 0 Å². The van der Waals surface area contributed by atoms with Crippen LogP contribution in [0.4, 0.5) is 0 Å². The van der Waals surface area contributed by atoms with Crippen LogP contribution >= 0.6 is 0 Å². The summed E-state index contributed by atoms with van der Waals surface area (Å²) in [6.07, 6.45) is 7.66. The van der Waals surface area contributed by atoms with Gasteiger partial charge in [-0.25, -0.2) is 0 Å². The van der Waals surface area contributed by atoms with Crippen LogP contribution in [0.5, 0.6) is 0 Å².